The summed E-state index contributed by atoms with van der Waals surface area (Å²) in [4.78, 5) is 0. The normalized spacial score (nSPS) is 11.6. The molecule has 0 fully saturated rings. The van der Waals surface area contributed by atoms with Gasteiger partial charge in [0.15, 0.2) is 0 Å². The van der Waals surface area contributed by atoms with Gasteiger partial charge < -0.3 is 0 Å². The van der Waals surface area contributed by atoms with Gasteiger partial charge in [-0.05, 0) is 159 Å². The summed E-state index contributed by atoms with van der Waals surface area (Å²) < 4.78 is 0. The molecule has 0 saturated carbocycles. The van der Waals surface area contributed by atoms with E-state index in [9.17, 15) is 0 Å². The van der Waals surface area contributed by atoms with Crippen molar-refractivity contribution < 1.29 is 16.5 Å². The maximum absolute atomic E-state index is 2.61. The average molecular weight is 1310 g/mol. The molecule has 0 nitrogen and oxygen atoms in total. The Kier molecular flexibility index (Phi) is 24.9. The van der Waals surface area contributed by atoms with E-state index in [2.05, 4.69) is 378 Å². The average Bonchev–Trinajstić information content (AvgIpc) is 3.80. The minimum absolute atomic E-state index is 0. The first-order valence-electron chi connectivity index (χ1n) is 30.6. The van der Waals surface area contributed by atoms with E-state index < -0.39 is 47.5 Å². The quantitative estimate of drug-likeness (QED) is 0.0418. The van der Waals surface area contributed by atoms with Gasteiger partial charge >= 0.3 is 0 Å². The van der Waals surface area contributed by atoms with Gasteiger partial charge in [-0.1, -0.05) is 378 Å². The van der Waals surface area contributed by atoms with E-state index in [-0.39, 0.29) is 27.3 Å². The topological polar surface area (TPSA) is 0 Å². The molecule has 0 spiro atoms. The third kappa shape index (κ3) is 18.5. The summed E-state index contributed by atoms with van der Waals surface area (Å²) in [6.45, 7) is 5.22. The summed E-state index contributed by atoms with van der Waals surface area (Å²) in [6.07, 6.45) is 6.88. The zero-order valence-electron chi connectivity index (χ0n) is 50.9. The molecular weight excluding hydrogens is 1230 g/mol. The Balaban J connectivity index is 0.000000194. The second-order valence-corrected chi connectivity index (χ2v) is 36.4. The van der Waals surface area contributed by atoms with Gasteiger partial charge in [0.25, 0.3) is 0 Å². The molecule has 0 aliphatic carbocycles. The van der Waals surface area contributed by atoms with Crippen LogP contribution in [0.5, 0.6) is 0 Å². The van der Waals surface area contributed by atoms with Gasteiger partial charge in [-0.15, -0.1) is 0 Å². The van der Waals surface area contributed by atoms with Crippen LogP contribution in [0.4, 0.5) is 0 Å². The number of rotatable bonds is 24. The van der Waals surface area contributed by atoms with Gasteiger partial charge in [-0.3, -0.25) is 0 Å². The van der Waals surface area contributed by atoms with E-state index in [1.54, 1.807) is 0 Å². The van der Waals surface area contributed by atoms with E-state index >= 15 is 0 Å². The number of hydrogen-bond acceptors (Lipinski definition) is 0. The monoisotopic (exact) mass is 1310 g/mol. The maximum atomic E-state index is 2.61. The summed E-state index contributed by atoms with van der Waals surface area (Å²) in [6, 6.07) is 135. The van der Waals surface area contributed by atoms with E-state index in [0.717, 1.165) is 37.0 Å². The minimum Gasteiger partial charge on any atom is -0.0622 e. The first-order valence-corrected chi connectivity index (χ1v) is 39.8. The van der Waals surface area contributed by atoms with Gasteiger partial charge in [-0.2, -0.15) is 0 Å². The van der Waals surface area contributed by atoms with Crippen molar-refractivity contribution in [1.82, 2.24) is 0 Å². The second-order valence-electron chi connectivity index (χ2n) is 23.2. The van der Waals surface area contributed by atoms with Gasteiger partial charge in [0.1, 0.15) is 0 Å². The Bertz CT molecular complexity index is 2980. The molecule has 89 heavy (non-hydrogen) atoms. The van der Waals surface area contributed by atoms with Crippen molar-refractivity contribution in [3.8, 4) is 0 Å². The number of benzene rings is 12. The fraction of sp³-hybridized carbons (Fsp3) is 0.122. The predicted molar refractivity (Wildman–Crippen MR) is 400 cm³/mol. The summed E-state index contributed by atoms with van der Waals surface area (Å²) in [7, 11) is -3.33. The minimum atomic E-state index is -0.555. The first-order chi connectivity index (χ1) is 43.4. The molecule has 0 unspecified atom stereocenters. The molecule has 12 aromatic carbocycles. The Morgan fingerprint density at radius 3 is 0.315 bits per heavy atom. The van der Waals surface area contributed by atoms with E-state index in [4.69, 9.17) is 0 Å². The molecule has 0 aliphatic heterocycles. The fourth-order valence-electron chi connectivity index (χ4n) is 11.9. The van der Waals surface area contributed by atoms with Crippen LogP contribution in [0.15, 0.2) is 364 Å². The molecule has 0 N–H and O–H groups in total. The van der Waals surface area contributed by atoms with Crippen molar-refractivity contribution in [3.63, 3.8) is 0 Å². The zero-order chi connectivity index (χ0) is 60.1. The van der Waals surface area contributed by atoms with Crippen LogP contribution in [-0.2, 0) is 16.5 Å². The van der Waals surface area contributed by atoms with Crippen molar-refractivity contribution in [1.29, 1.82) is 0 Å². The molecule has 12 rings (SSSR count). The Morgan fingerprint density at radius 2 is 0.236 bits per heavy atom. The molecule has 0 saturated heterocycles. The van der Waals surface area contributed by atoms with Crippen LogP contribution in [0, 0.1) is 10.8 Å². The third-order valence-electron chi connectivity index (χ3n) is 16.1. The van der Waals surface area contributed by atoms with Crippen LogP contribution in [0.3, 0.4) is 0 Å². The van der Waals surface area contributed by atoms with Crippen LogP contribution in [0.25, 0.3) is 0 Å². The molecule has 0 heterocycles. The smallest absolute Gasteiger partial charge is 0 e. The molecule has 0 amide bonds. The fourth-order valence-corrected chi connectivity index (χ4v) is 29.2. The summed E-state index contributed by atoms with van der Waals surface area (Å²) in [5, 5.41) is 17.6. The molecule has 0 atom stereocenters. The van der Waals surface area contributed by atoms with Crippen LogP contribution in [0.1, 0.15) is 13.8 Å². The summed E-state index contributed by atoms with van der Waals surface area (Å²) >= 11 is 0. The zero-order valence-corrected chi connectivity index (χ0v) is 57.2. The van der Waals surface area contributed by atoms with Crippen LogP contribution in [-0.4, -0.2) is 37.0 Å². The Morgan fingerprint density at radius 1 is 0.157 bits per heavy atom. The van der Waals surface area contributed by atoms with E-state index in [1.165, 1.54) is 63.7 Å². The third-order valence-corrected chi connectivity index (χ3v) is 33.6. The Labute approximate surface area is 549 Å². The van der Waals surface area contributed by atoms with Crippen LogP contribution < -0.4 is 63.7 Å². The van der Waals surface area contributed by atoms with Crippen molar-refractivity contribution in [2.75, 3.05) is 37.0 Å². The molecule has 0 radical (unpaired) electrons. The molecule has 0 aromatic heterocycles. The van der Waals surface area contributed by atoms with Gasteiger partial charge in [0.05, 0.1) is 0 Å². The Hall–Kier alpha value is -6.29. The van der Waals surface area contributed by atoms with E-state index in [0.29, 0.717) is 0 Å². The van der Waals surface area contributed by atoms with Crippen molar-refractivity contribution in [2.45, 2.75) is 13.8 Å². The largest absolute Gasteiger partial charge is 0.0622 e. The summed E-state index contributed by atoms with van der Waals surface area (Å²) in [5.74, 6) is 0. The van der Waals surface area contributed by atoms with Gasteiger partial charge in [-0.25, -0.2) is 0 Å². The first kappa shape index (κ1) is 65.7. The molecule has 0 aliphatic rings. The van der Waals surface area contributed by atoms with Crippen LogP contribution in [0.2, 0.25) is 0 Å². The van der Waals surface area contributed by atoms with Crippen molar-refractivity contribution in [3.05, 3.63) is 364 Å². The summed E-state index contributed by atoms with van der Waals surface area (Å²) in [5.41, 5.74) is 0.151. The maximum Gasteiger partial charge on any atom is 0 e. The van der Waals surface area contributed by atoms with Crippen molar-refractivity contribution >= 4 is 111 Å². The van der Waals surface area contributed by atoms with Crippen LogP contribution >= 0.6 is 47.5 Å². The second kappa shape index (κ2) is 33.7. The predicted octanol–water partition coefficient (Wildman–Crippen LogP) is 16.8. The number of hydrogen-bond donors (Lipinski definition) is 0. The standard InChI is InChI=1S/2C41H39P3.Ni/c2*1-41(32-42(35-20-8-2-9-21-35)36-22-10-3-11-23-36,33-43(37-24-12-4-13-25-37)38-26-14-5-15-27-38)34-44(39-28-16-6-17-29-39)40-30-18-7-19-31-40;/h2*2-31H,32-34H2,1H3;. The molecule has 7 heteroatoms. The molecular formula is C82H78NiP6. The SMILES string of the molecule is CC(CP(c1ccccc1)c1ccccc1)(CP(c1ccccc1)c1ccccc1)CP(c1ccccc1)c1ccccc1.CC(CP(c1ccccc1)c1ccccc1)(CP(c1ccccc1)c1ccccc1)CP(c1ccccc1)c1ccccc1.[Ni]. The van der Waals surface area contributed by atoms with Crippen molar-refractivity contribution in [2.24, 2.45) is 10.8 Å². The van der Waals surface area contributed by atoms with Gasteiger partial charge in [0.2, 0.25) is 0 Å². The van der Waals surface area contributed by atoms with E-state index in [1.807, 2.05) is 0 Å². The van der Waals surface area contributed by atoms with Gasteiger partial charge in [0, 0.05) is 16.5 Å². The molecule has 446 valence electrons. The molecule has 12 aromatic rings. The molecule has 0 bridgehead atoms.